The molecule has 0 saturated heterocycles. The van der Waals surface area contributed by atoms with E-state index in [0.717, 1.165) is 0 Å². The van der Waals surface area contributed by atoms with Crippen molar-refractivity contribution in [3.63, 3.8) is 0 Å². The van der Waals surface area contributed by atoms with Gasteiger partial charge < -0.3 is 0 Å². The molecule has 244 valence electrons. The van der Waals surface area contributed by atoms with Gasteiger partial charge >= 0.3 is 284 Å². The van der Waals surface area contributed by atoms with E-state index in [1.165, 1.54) is 52.6 Å². The number of fused-ring (bicyclic) bond motifs is 3. The Hall–Kier alpha value is -2.12. The summed E-state index contributed by atoms with van der Waals surface area (Å²) in [5.41, 5.74) is 13.9. The Kier molecular flexibility index (Phi) is 8.44. The van der Waals surface area contributed by atoms with Crippen LogP contribution in [0.4, 0.5) is 0 Å². The van der Waals surface area contributed by atoms with Gasteiger partial charge in [-0.1, -0.05) is 0 Å². The normalized spacial score (nSPS) is 17.6. The summed E-state index contributed by atoms with van der Waals surface area (Å²) >= 11 is -4.36. The van der Waals surface area contributed by atoms with E-state index in [2.05, 4.69) is 157 Å². The Balaban J connectivity index is 1.81. The first-order valence-corrected chi connectivity index (χ1v) is 31.4. The van der Waals surface area contributed by atoms with Gasteiger partial charge in [0.05, 0.1) is 0 Å². The Morgan fingerprint density at radius 1 is 0.652 bits per heavy atom. The maximum absolute atomic E-state index is 4.36. The molecule has 0 radical (unpaired) electrons. The molecule has 1 saturated carbocycles. The van der Waals surface area contributed by atoms with Gasteiger partial charge in [-0.15, -0.1) is 0 Å². The van der Waals surface area contributed by atoms with Crippen LogP contribution < -0.4 is 0 Å². The molecule has 0 unspecified atom stereocenters. The zero-order valence-electron chi connectivity index (χ0n) is 31.0. The van der Waals surface area contributed by atoms with Crippen molar-refractivity contribution in [3.05, 3.63) is 118 Å². The van der Waals surface area contributed by atoms with Crippen molar-refractivity contribution >= 4 is 3.26 Å². The molecule has 6 rings (SSSR count). The molecule has 0 aromatic heterocycles. The molecular weight excluding hydrogens is 719 g/mol. The molecule has 0 heterocycles. The third-order valence-corrected chi connectivity index (χ3v) is 38.4. The summed E-state index contributed by atoms with van der Waals surface area (Å²) in [6.07, 6.45) is 14.0. The van der Waals surface area contributed by atoms with Crippen LogP contribution in [0.1, 0.15) is 143 Å². The molecular formula is C45H60Hf. The molecule has 0 amide bonds. The van der Waals surface area contributed by atoms with Crippen molar-refractivity contribution < 1.29 is 18.0 Å². The Labute approximate surface area is 282 Å². The molecule has 3 aromatic carbocycles. The molecule has 0 aliphatic heterocycles. The molecule has 3 aromatic rings. The van der Waals surface area contributed by atoms with E-state index in [4.69, 9.17) is 0 Å². The van der Waals surface area contributed by atoms with E-state index in [9.17, 15) is 0 Å². The van der Waals surface area contributed by atoms with Crippen molar-refractivity contribution in [2.75, 3.05) is 0 Å². The number of rotatable bonds is 6. The van der Waals surface area contributed by atoms with Gasteiger partial charge in [0.1, 0.15) is 0 Å². The summed E-state index contributed by atoms with van der Waals surface area (Å²) in [5, 5.41) is 0. The molecule has 0 nitrogen and oxygen atoms in total. The molecule has 0 bridgehead atoms. The van der Waals surface area contributed by atoms with Crippen LogP contribution in [0.25, 0.3) is 11.1 Å². The fraction of sp³-hybridized carbons (Fsp3) is 0.489. The van der Waals surface area contributed by atoms with Gasteiger partial charge in [-0.05, 0) is 0 Å². The minimum atomic E-state index is -4.36. The van der Waals surface area contributed by atoms with Gasteiger partial charge in [0.25, 0.3) is 0 Å². The molecule has 0 atom stereocenters. The Morgan fingerprint density at radius 3 is 1.48 bits per heavy atom. The quantitative estimate of drug-likeness (QED) is 0.219. The van der Waals surface area contributed by atoms with E-state index in [0.29, 0.717) is 25.1 Å². The van der Waals surface area contributed by atoms with Gasteiger partial charge in [-0.3, -0.25) is 0 Å². The Morgan fingerprint density at radius 2 is 1.11 bits per heavy atom. The molecule has 1 heteroatoms. The fourth-order valence-electron chi connectivity index (χ4n) is 9.23. The molecule has 0 N–H and O–H groups in total. The Bertz CT molecular complexity index is 1690. The first kappa shape index (κ1) is 33.8. The zero-order valence-corrected chi connectivity index (χ0v) is 34.6. The number of allylic oxidation sites excluding steroid dienone is 4. The van der Waals surface area contributed by atoms with Crippen molar-refractivity contribution in [3.8, 4) is 11.1 Å². The molecule has 0 spiro atoms. The minimum absolute atomic E-state index is 0.101. The van der Waals surface area contributed by atoms with E-state index >= 15 is 0 Å². The number of hydrogen-bond donors (Lipinski definition) is 0. The van der Waals surface area contributed by atoms with Crippen LogP contribution in [0.3, 0.4) is 0 Å². The predicted molar refractivity (Wildman–Crippen MR) is 201 cm³/mol. The summed E-state index contributed by atoms with van der Waals surface area (Å²) in [6, 6.07) is 22.9. The van der Waals surface area contributed by atoms with E-state index in [-0.39, 0.29) is 10.8 Å². The standard InChI is InChI=1S/C21H25.C17H24.C5H5.2CH3.Hf/c1-20(2,3)16-7-9-18-14(12-16)11-15-13-17(21(4,5)6)8-10-19(15)18;1-12(2)16-9-15(8-14-6-5-7-14)10-17(11-16)13(3)4;1-2-4-5-3-1;;;/h7-13H,1-6H3;9-14H,5-7H2,1-4H3;1-5H;2*1H3;. The van der Waals surface area contributed by atoms with Crippen LogP contribution in [-0.4, -0.2) is 3.26 Å². The van der Waals surface area contributed by atoms with Gasteiger partial charge in [0.15, 0.2) is 0 Å². The second kappa shape index (κ2) is 11.5. The van der Waals surface area contributed by atoms with Crippen molar-refractivity contribution in [1.82, 2.24) is 0 Å². The third kappa shape index (κ3) is 5.49. The van der Waals surface area contributed by atoms with Crippen LogP contribution in [0.5, 0.6) is 0 Å². The van der Waals surface area contributed by atoms with Crippen LogP contribution in [-0.2, 0) is 28.8 Å². The zero-order chi connectivity index (χ0) is 33.4. The molecule has 3 aliphatic rings. The second-order valence-electron chi connectivity index (χ2n) is 18.7. The number of hydrogen-bond acceptors (Lipinski definition) is 0. The average molecular weight is 779 g/mol. The summed E-state index contributed by atoms with van der Waals surface area (Å²) in [7, 11) is 0. The summed E-state index contributed by atoms with van der Waals surface area (Å²) in [6.45, 7) is 23.8. The summed E-state index contributed by atoms with van der Waals surface area (Å²) < 4.78 is 8.62. The summed E-state index contributed by atoms with van der Waals surface area (Å²) in [4.78, 5) is 0. The molecule has 3 aliphatic carbocycles. The third-order valence-electron chi connectivity index (χ3n) is 12.4. The van der Waals surface area contributed by atoms with Crippen molar-refractivity contribution in [1.29, 1.82) is 0 Å². The van der Waals surface area contributed by atoms with Crippen LogP contribution in [0.15, 0.2) is 78.9 Å². The second-order valence-corrected chi connectivity index (χ2v) is 43.8. The van der Waals surface area contributed by atoms with Crippen LogP contribution in [0, 0.1) is 5.92 Å². The van der Waals surface area contributed by atoms with Gasteiger partial charge in [0.2, 0.25) is 0 Å². The maximum atomic E-state index is 2.89. The fourth-order valence-corrected chi connectivity index (χ4v) is 36.1. The summed E-state index contributed by atoms with van der Waals surface area (Å²) in [5.74, 6) is 1.70. The van der Waals surface area contributed by atoms with Crippen molar-refractivity contribution in [2.24, 2.45) is 5.92 Å². The van der Waals surface area contributed by atoms with Gasteiger partial charge in [0, 0.05) is 0 Å². The topological polar surface area (TPSA) is 0 Å². The van der Waals surface area contributed by atoms with E-state index < -0.39 is 18.0 Å². The SMILES string of the molecule is CC(C)c1cc([C](C2CCC2)=[Hf]([CH3])([CH3])([CH]2C=CC=C2)[CH]2c3cc(C(C)(C)C)ccc3-c3ccc(C(C)(C)C)cc32)cc(C(C)C)c1. The average Bonchev–Trinajstić information content (AvgIpc) is 3.61. The molecule has 46 heavy (non-hydrogen) atoms. The first-order valence-electron chi connectivity index (χ1n) is 18.3. The van der Waals surface area contributed by atoms with Gasteiger partial charge in [-0.2, -0.15) is 0 Å². The van der Waals surface area contributed by atoms with Crippen LogP contribution >= 0.6 is 0 Å². The van der Waals surface area contributed by atoms with Crippen molar-refractivity contribution in [2.45, 2.75) is 128 Å². The van der Waals surface area contributed by atoms with Gasteiger partial charge in [-0.25, -0.2) is 0 Å². The van der Waals surface area contributed by atoms with E-state index in [1.54, 1.807) is 16.7 Å². The monoisotopic (exact) mass is 780 g/mol. The van der Waals surface area contributed by atoms with E-state index in [1.807, 2.05) is 3.26 Å². The number of benzene rings is 3. The predicted octanol–water partition coefficient (Wildman–Crippen LogP) is 13.3. The first-order chi connectivity index (χ1) is 21.4. The molecule has 1 fully saturated rings. The van der Waals surface area contributed by atoms with Crippen LogP contribution in [0.2, 0.25) is 13.0 Å².